The van der Waals surface area contributed by atoms with E-state index in [2.05, 4.69) is 45.6 Å². The van der Waals surface area contributed by atoms with Gasteiger partial charge in [0.15, 0.2) is 0 Å². The summed E-state index contributed by atoms with van der Waals surface area (Å²) >= 11 is 0. The maximum atomic E-state index is 14.2. The molecule has 0 radical (unpaired) electrons. The van der Waals surface area contributed by atoms with Crippen LogP contribution in [0.25, 0.3) is 0 Å². The van der Waals surface area contributed by atoms with Crippen molar-refractivity contribution in [3.8, 4) is 0 Å². The lowest BCUT2D eigenvalue weighted by atomic mass is 9.95. The lowest BCUT2D eigenvalue weighted by molar-refractivity contribution is 0.383. The zero-order chi connectivity index (χ0) is 27.0. The summed E-state index contributed by atoms with van der Waals surface area (Å²) in [5, 5.41) is 15.6. The summed E-state index contributed by atoms with van der Waals surface area (Å²) in [6, 6.07) is 7.55. The fourth-order valence-corrected chi connectivity index (χ4v) is 4.86. The first-order chi connectivity index (χ1) is 18.3. The van der Waals surface area contributed by atoms with E-state index in [1.165, 1.54) is 6.33 Å². The van der Waals surface area contributed by atoms with Gasteiger partial charge in [0, 0.05) is 40.7 Å². The molecule has 2 aliphatic carbocycles. The minimum Gasteiger partial charge on any atom is -0.383 e. The first-order valence-electron chi connectivity index (χ1n) is 12.9. The van der Waals surface area contributed by atoms with Crippen LogP contribution in [0, 0.1) is 5.41 Å². The average Bonchev–Trinajstić information content (AvgIpc) is 3.72. The van der Waals surface area contributed by atoms with Gasteiger partial charge in [0.2, 0.25) is 0 Å². The number of hydrogen-bond acceptors (Lipinski definition) is 8. The van der Waals surface area contributed by atoms with Gasteiger partial charge in [0.05, 0.1) is 23.0 Å². The molecule has 1 fully saturated rings. The molecule has 5 N–H and O–H groups in total. The highest BCUT2D eigenvalue weighted by molar-refractivity contribution is 6.16. The quantitative estimate of drug-likeness (QED) is 0.327. The van der Waals surface area contributed by atoms with E-state index in [4.69, 9.17) is 16.1 Å². The second-order valence-corrected chi connectivity index (χ2v) is 9.91. The Morgan fingerprint density at radius 2 is 2.00 bits per heavy atom. The standard InChI is InChI=1S/C29H33FN8/c1-5-23(29-37-24-13-8-19(30)14-22(24)17(4)38(29)21-11-12-21)36-28-25(27(32)33-15-34-28)26(31)18-6-9-20(10-7-18)35-16(2)3/h6-10,13,15,19,21,23,31,35H,2,4-5,11-12,14H2,1,3H3,(H3,32,33,34,36). The summed E-state index contributed by atoms with van der Waals surface area (Å²) < 4.78 is 14.2. The number of aromatic nitrogens is 2. The van der Waals surface area contributed by atoms with Crippen LogP contribution in [0.15, 0.2) is 83.6 Å². The Hall–Kier alpha value is -4.27. The molecular formula is C29H33FN8. The van der Waals surface area contributed by atoms with Crippen molar-refractivity contribution in [3.05, 3.63) is 89.7 Å². The van der Waals surface area contributed by atoms with E-state index in [1.54, 1.807) is 12.2 Å². The molecule has 3 aliphatic rings. The Labute approximate surface area is 222 Å². The van der Waals surface area contributed by atoms with Crippen molar-refractivity contribution in [1.82, 2.24) is 14.9 Å². The van der Waals surface area contributed by atoms with Crippen LogP contribution in [0.5, 0.6) is 0 Å². The van der Waals surface area contributed by atoms with Crippen LogP contribution in [0.1, 0.15) is 50.7 Å². The Morgan fingerprint density at radius 1 is 1.26 bits per heavy atom. The highest BCUT2D eigenvalue weighted by Gasteiger charge is 2.40. The summed E-state index contributed by atoms with van der Waals surface area (Å²) in [4.78, 5) is 15.8. The van der Waals surface area contributed by atoms with Gasteiger partial charge in [-0.1, -0.05) is 32.2 Å². The summed E-state index contributed by atoms with van der Waals surface area (Å²) in [7, 11) is 0. The summed E-state index contributed by atoms with van der Waals surface area (Å²) in [5.41, 5.74) is 11.8. The van der Waals surface area contributed by atoms with Gasteiger partial charge in [-0.3, -0.25) is 5.41 Å². The highest BCUT2D eigenvalue weighted by atomic mass is 19.1. The average molecular weight is 513 g/mol. The van der Waals surface area contributed by atoms with Crippen molar-refractivity contribution >= 4 is 28.9 Å². The second-order valence-electron chi connectivity index (χ2n) is 9.91. The SMILES string of the molecule is C=C(C)Nc1ccc(C(=N)c2c(N)ncnc2NC(CC)C2=NC3=C(CC(F)C=C3)C(=C)N2C2CC2)cc1. The number of nitrogen functional groups attached to an aromatic ring is 1. The van der Waals surface area contributed by atoms with Crippen LogP contribution >= 0.6 is 0 Å². The van der Waals surface area contributed by atoms with Crippen molar-refractivity contribution in [3.63, 3.8) is 0 Å². The van der Waals surface area contributed by atoms with Crippen molar-refractivity contribution in [2.24, 2.45) is 4.99 Å². The highest BCUT2D eigenvalue weighted by Crippen LogP contribution is 2.40. The predicted molar refractivity (Wildman–Crippen MR) is 152 cm³/mol. The molecule has 9 heteroatoms. The molecule has 0 saturated heterocycles. The third-order valence-corrected chi connectivity index (χ3v) is 6.89. The number of anilines is 3. The van der Waals surface area contributed by atoms with E-state index in [1.807, 2.05) is 31.2 Å². The van der Waals surface area contributed by atoms with Gasteiger partial charge < -0.3 is 21.3 Å². The van der Waals surface area contributed by atoms with E-state index in [9.17, 15) is 4.39 Å². The van der Waals surface area contributed by atoms with Crippen LogP contribution in [0.2, 0.25) is 0 Å². The Morgan fingerprint density at radius 3 is 2.66 bits per heavy atom. The van der Waals surface area contributed by atoms with Crippen LogP contribution in [-0.4, -0.2) is 44.7 Å². The van der Waals surface area contributed by atoms with Gasteiger partial charge in [-0.05, 0) is 50.5 Å². The number of alkyl halides is 1. The summed E-state index contributed by atoms with van der Waals surface area (Å²) in [5.74, 6) is 1.51. The molecular weight excluding hydrogens is 479 g/mol. The molecule has 2 aromatic rings. The number of nitrogens with zero attached hydrogens (tertiary/aromatic N) is 4. The van der Waals surface area contributed by atoms with E-state index >= 15 is 0 Å². The van der Waals surface area contributed by atoms with E-state index in [0.717, 1.165) is 47.0 Å². The number of nitrogens with two attached hydrogens (primary N) is 1. The molecule has 1 aromatic carbocycles. The van der Waals surface area contributed by atoms with Crippen LogP contribution < -0.4 is 16.4 Å². The maximum Gasteiger partial charge on any atom is 0.141 e. The van der Waals surface area contributed by atoms with Crippen molar-refractivity contribution in [2.45, 2.75) is 57.8 Å². The van der Waals surface area contributed by atoms with Crippen LogP contribution in [0.4, 0.5) is 21.7 Å². The lowest BCUT2D eigenvalue weighted by Gasteiger charge is -2.38. The van der Waals surface area contributed by atoms with Crippen molar-refractivity contribution < 1.29 is 4.39 Å². The molecule has 196 valence electrons. The van der Waals surface area contributed by atoms with Crippen molar-refractivity contribution in [2.75, 3.05) is 16.4 Å². The molecule has 5 rings (SSSR count). The lowest BCUT2D eigenvalue weighted by Crippen LogP contribution is -2.46. The molecule has 0 bridgehead atoms. The first-order valence-corrected chi connectivity index (χ1v) is 12.9. The van der Waals surface area contributed by atoms with Crippen molar-refractivity contribution in [1.29, 1.82) is 5.41 Å². The topological polar surface area (TPSA) is 115 Å². The third kappa shape index (κ3) is 4.96. The molecule has 1 saturated carbocycles. The summed E-state index contributed by atoms with van der Waals surface area (Å²) in [6.45, 7) is 12.2. The normalized spacial score (nSPS) is 19.6. The number of nitrogens with one attached hydrogen (secondary N) is 3. The van der Waals surface area contributed by atoms with Gasteiger partial charge in [-0.25, -0.2) is 19.4 Å². The Kier molecular flexibility index (Phi) is 6.84. The number of allylic oxidation sites excluding steroid dienone is 4. The van der Waals surface area contributed by atoms with Gasteiger partial charge in [-0.2, -0.15) is 0 Å². The molecule has 2 atom stereocenters. The maximum absolute atomic E-state index is 14.2. The molecule has 2 heterocycles. The molecule has 38 heavy (non-hydrogen) atoms. The number of halogens is 1. The third-order valence-electron chi connectivity index (χ3n) is 6.89. The zero-order valence-electron chi connectivity index (χ0n) is 21.8. The second kappa shape index (κ2) is 10.2. The minimum atomic E-state index is -1.02. The molecule has 1 aromatic heterocycles. The molecule has 0 amide bonds. The van der Waals surface area contributed by atoms with Gasteiger partial charge in [-0.15, -0.1) is 0 Å². The Bertz CT molecular complexity index is 1380. The van der Waals surface area contributed by atoms with E-state index < -0.39 is 6.17 Å². The molecule has 0 spiro atoms. The number of benzene rings is 1. The Balaban J connectivity index is 1.47. The number of amidine groups is 1. The van der Waals surface area contributed by atoms with Crippen LogP contribution in [0.3, 0.4) is 0 Å². The fraction of sp³-hybridized carbons (Fsp3) is 0.310. The number of hydrogen-bond donors (Lipinski definition) is 4. The zero-order valence-corrected chi connectivity index (χ0v) is 21.8. The first kappa shape index (κ1) is 25.4. The van der Waals surface area contributed by atoms with E-state index in [0.29, 0.717) is 35.8 Å². The smallest absolute Gasteiger partial charge is 0.141 e. The molecule has 2 unspecified atom stereocenters. The number of aliphatic imine (C=N–C) groups is 1. The molecule has 1 aliphatic heterocycles. The number of rotatable bonds is 9. The fourth-order valence-electron chi connectivity index (χ4n) is 4.86. The molecule has 8 nitrogen and oxygen atoms in total. The minimum absolute atomic E-state index is 0.213. The van der Waals surface area contributed by atoms with Gasteiger partial charge >= 0.3 is 0 Å². The van der Waals surface area contributed by atoms with Crippen LogP contribution in [-0.2, 0) is 0 Å². The largest absolute Gasteiger partial charge is 0.383 e. The summed E-state index contributed by atoms with van der Waals surface area (Å²) in [6.07, 6.45) is 6.75. The monoisotopic (exact) mass is 512 g/mol. The van der Waals surface area contributed by atoms with E-state index in [-0.39, 0.29) is 17.6 Å². The van der Waals surface area contributed by atoms with Gasteiger partial charge in [0.25, 0.3) is 0 Å². The van der Waals surface area contributed by atoms with Gasteiger partial charge in [0.1, 0.15) is 30.0 Å². The predicted octanol–water partition coefficient (Wildman–Crippen LogP) is 5.55.